The highest BCUT2D eigenvalue weighted by Gasteiger charge is 2.10. The van der Waals surface area contributed by atoms with Crippen LogP contribution in [0.5, 0.6) is 0 Å². The van der Waals surface area contributed by atoms with Crippen LogP contribution in [-0.4, -0.2) is 0 Å². The third-order valence-corrected chi connectivity index (χ3v) is 5.93. The maximum atomic E-state index is 15.2. The van der Waals surface area contributed by atoms with Crippen molar-refractivity contribution in [2.75, 3.05) is 0 Å². The summed E-state index contributed by atoms with van der Waals surface area (Å²) >= 11 is 0. The largest absolute Gasteiger partial charge is 0.206 e. The Morgan fingerprint density at radius 3 is 2.00 bits per heavy atom. The third kappa shape index (κ3) is 4.62. The topological polar surface area (TPSA) is 0 Å². The fourth-order valence-electron chi connectivity index (χ4n) is 4.00. The van der Waals surface area contributed by atoms with E-state index in [4.69, 9.17) is 0 Å². The fraction of sp³-hybridized carbons (Fsp3) is 0.241. The molecule has 0 unspecified atom stereocenters. The predicted octanol–water partition coefficient (Wildman–Crippen LogP) is 8.08. The van der Waals surface area contributed by atoms with Crippen molar-refractivity contribution >= 4 is 10.8 Å². The molecule has 0 N–H and O–H groups in total. The highest BCUT2D eigenvalue weighted by molar-refractivity contribution is 5.88. The molecule has 4 aromatic rings. The van der Waals surface area contributed by atoms with E-state index in [9.17, 15) is 0 Å². The van der Waals surface area contributed by atoms with Crippen LogP contribution in [0.4, 0.5) is 4.39 Å². The monoisotopic (exact) mass is 396 g/mol. The Labute approximate surface area is 179 Å². The summed E-state index contributed by atoms with van der Waals surface area (Å²) in [5.74, 6) is -0.134. The van der Waals surface area contributed by atoms with Gasteiger partial charge >= 0.3 is 0 Å². The summed E-state index contributed by atoms with van der Waals surface area (Å²) in [5.41, 5.74) is 6.80. The molecule has 0 nitrogen and oxygen atoms in total. The maximum absolute atomic E-state index is 15.2. The highest BCUT2D eigenvalue weighted by atomic mass is 19.1. The summed E-state index contributed by atoms with van der Waals surface area (Å²) in [6.07, 6.45) is 5.61. The minimum Gasteiger partial charge on any atom is -0.206 e. The Morgan fingerprint density at radius 1 is 0.667 bits per heavy atom. The quantitative estimate of drug-likeness (QED) is 0.296. The van der Waals surface area contributed by atoms with Gasteiger partial charge in [0, 0.05) is 10.9 Å². The molecule has 0 bridgehead atoms. The summed E-state index contributed by atoms with van der Waals surface area (Å²) in [6, 6.07) is 27.1. The van der Waals surface area contributed by atoms with Gasteiger partial charge in [0.1, 0.15) is 5.82 Å². The fourth-order valence-corrected chi connectivity index (χ4v) is 4.00. The molecule has 0 aromatic heterocycles. The Bertz CT molecular complexity index is 1120. The van der Waals surface area contributed by atoms with Crippen LogP contribution in [0.25, 0.3) is 21.9 Å². The van der Waals surface area contributed by atoms with Gasteiger partial charge in [0.2, 0.25) is 0 Å². The molecule has 1 heteroatoms. The average molecular weight is 397 g/mol. The van der Waals surface area contributed by atoms with E-state index in [2.05, 4.69) is 43.3 Å². The molecule has 152 valence electrons. The van der Waals surface area contributed by atoms with Crippen LogP contribution in [0.15, 0.2) is 78.9 Å². The van der Waals surface area contributed by atoms with Crippen LogP contribution in [0.3, 0.4) is 0 Å². The van der Waals surface area contributed by atoms with E-state index < -0.39 is 0 Å². The van der Waals surface area contributed by atoms with Crippen LogP contribution in [0, 0.1) is 12.7 Å². The maximum Gasteiger partial charge on any atom is 0.138 e. The normalized spacial score (nSPS) is 11.2. The van der Waals surface area contributed by atoms with Crippen LogP contribution in [0.1, 0.15) is 42.0 Å². The number of rotatable bonds is 7. The Balaban J connectivity index is 1.49. The number of aryl methyl sites for hydroxylation is 4. The Kier molecular flexibility index (Phi) is 6.28. The van der Waals surface area contributed by atoms with Crippen LogP contribution >= 0.6 is 0 Å². The smallest absolute Gasteiger partial charge is 0.138 e. The minimum absolute atomic E-state index is 0.134. The van der Waals surface area contributed by atoms with E-state index in [0.717, 1.165) is 30.2 Å². The molecule has 0 spiro atoms. The zero-order valence-corrected chi connectivity index (χ0v) is 17.9. The number of halogens is 1. The first-order chi connectivity index (χ1) is 14.6. The number of fused-ring (bicyclic) bond motifs is 1. The van der Waals surface area contributed by atoms with Crippen molar-refractivity contribution in [1.82, 2.24) is 0 Å². The lowest BCUT2D eigenvalue weighted by Crippen LogP contribution is -1.94. The molecule has 0 fully saturated rings. The van der Waals surface area contributed by atoms with Crippen molar-refractivity contribution in [3.63, 3.8) is 0 Å². The zero-order chi connectivity index (χ0) is 20.9. The summed E-state index contributed by atoms with van der Waals surface area (Å²) in [6.45, 7) is 4.27. The molecule has 4 rings (SSSR count). The second kappa shape index (κ2) is 9.26. The average Bonchev–Trinajstić information content (AvgIpc) is 2.78. The van der Waals surface area contributed by atoms with E-state index in [1.54, 1.807) is 0 Å². The van der Waals surface area contributed by atoms with Crippen molar-refractivity contribution in [2.24, 2.45) is 0 Å². The summed E-state index contributed by atoms with van der Waals surface area (Å²) in [7, 11) is 0. The van der Waals surface area contributed by atoms with E-state index in [1.165, 1.54) is 35.1 Å². The lowest BCUT2D eigenvalue weighted by molar-refractivity contribution is 0.643. The molecule has 0 heterocycles. The Hall–Kier alpha value is -2.93. The van der Waals surface area contributed by atoms with Gasteiger partial charge in [-0.3, -0.25) is 0 Å². The first-order valence-electron chi connectivity index (χ1n) is 11.0. The molecule has 0 radical (unpaired) electrons. The summed E-state index contributed by atoms with van der Waals surface area (Å²) in [4.78, 5) is 0. The van der Waals surface area contributed by atoms with E-state index in [0.29, 0.717) is 10.9 Å². The number of hydrogen-bond acceptors (Lipinski definition) is 0. The number of unbranched alkanes of at least 4 members (excludes halogenated alkanes) is 1. The van der Waals surface area contributed by atoms with Gasteiger partial charge in [-0.2, -0.15) is 0 Å². The molecule has 0 saturated carbocycles. The molecule has 0 saturated heterocycles. The minimum atomic E-state index is -0.134. The lowest BCUT2D eigenvalue weighted by atomic mass is 9.96. The van der Waals surface area contributed by atoms with E-state index >= 15 is 4.39 Å². The molecule has 0 atom stereocenters. The first kappa shape index (κ1) is 20.3. The Morgan fingerprint density at radius 2 is 1.30 bits per heavy atom. The van der Waals surface area contributed by atoms with Gasteiger partial charge in [0.25, 0.3) is 0 Å². The standard InChI is InChI=1S/C29H29F/c1-3-4-5-22-8-10-23(11-9-22)12-13-24-14-18-28-26(20-24)17-19-27(29(28)30)25-15-6-21(2)7-16-25/h6-11,14-20H,3-5,12-13H2,1-2H3. The number of benzene rings is 4. The molecule has 0 aliphatic heterocycles. The molecule has 4 aromatic carbocycles. The van der Waals surface area contributed by atoms with E-state index in [-0.39, 0.29) is 5.82 Å². The molecule has 30 heavy (non-hydrogen) atoms. The second-order valence-corrected chi connectivity index (χ2v) is 8.27. The van der Waals surface area contributed by atoms with Gasteiger partial charge in [-0.25, -0.2) is 4.39 Å². The van der Waals surface area contributed by atoms with Crippen molar-refractivity contribution in [2.45, 2.75) is 46.0 Å². The van der Waals surface area contributed by atoms with Crippen molar-refractivity contribution < 1.29 is 4.39 Å². The van der Waals surface area contributed by atoms with Crippen molar-refractivity contribution in [1.29, 1.82) is 0 Å². The molecular weight excluding hydrogens is 367 g/mol. The van der Waals surface area contributed by atoms with E-state index in [1.807, 2.05) is 49.4 Å². The van der Waals surface area contributed by atoms with Crippen molar-refractivity contribution in [3.8, 4) is 11.1 Å². The molecule has 0 amide bonds. The van der Waals surface area contributed by atoms with Gasteiger partial charge in [0.05, 0.1) is 0 Å². The van der Waals surface area contributed by atoms with Gasteiger partial charge in [0.15, 0.2) is 0 Å². The highest BCUT2D eigenvalue weighted by Crippen LogP contribution is 2.30. The second-order valence-electron chi connectivity index (χ2n) is 8.27. The molecule has 0 aliphatic rings. The molecular formula is C29H29F. The first-order valence-corrected chi connectivity index (χ1v) is 11.0. The van der Waals surface area contributed by atoms with Crippen LogP contribution in [0.2, 0.25) is 0 Å². The van der Waals surface area contributed by atoms with Gasteiger partial charge in [-0.15, -0.1) is 0 Å². The van der Waals surface area contributed by atoms with Crippen LogP contribution in [-0.2, 0) is 19.3 Å². The number of hydrogen-bond donors (Lipinski definition) is 0. The summed E-state index contributed by atoms with van der Waals surface area (Å²) < 4.78 is 15.2. The van der Waals surface area contributed by atoms with Crippen LogP contribution < -0.4 is 0 Å². The molecule has 0 aliphatic carbocycles. The zero-order valence-electron chi connectivity index (χ0n) is 17.9. The van der Waals surface area contributed by atoms with Gasteiger partial charge in [-0.1, -0.05) is 97.8 Å². The SMILES string of the molecule is CCCCc1ccc(CCc2ccc3c(F)c(-c4ccc(C)cc4)ccc3c2)cc1. The van der Waals surface area contributed by atoms with Gasteiger partial charge in [-0.05, 0) is 60.2 Å². The summed E-state index contributed by atoms with van der Waals surface area (Å²) in [5, 5.41) is 1.66. The van der Waals surface area contributed by atoms with Gasteiger partial charge < -0.3 is 0 Å². The lowest BCUT2D eigenvalue weighted by Gasteiger charge is -2.10. The third-order valence-electron chi connectivity index (χ3n) is 5.93. The predicted molar refractivity (Wildman–Crippen MR) is 127 cm³/mol. The van der Waals surface area contributed by atoms with Crippen molar-refractivity contribution in [3.05, 3.63) is 107 Å².